The van der Waals surface area contributed by atoms with Crippen LogP contribution in [-0.4, -0.2) is 114 Å². The van der Waals surface area contributed by atoms with Gasteiger partial charge in [-0.15, -0.1) is 11.3 Å². The Morgan fingerprint density at radius 3 is 2.32 bits per heavy atom. The number of aryl methyl sites for hydroxylation is 1. The van der Waals surface area contributed by atoms with Crippen LogP contribution in [0.3, 0.4) is 0 Å². The molecule has 1 aromatic carbocycles. The molecule has 16 nitrogen and oxygen atoms in total. The normalized spacial score (nSPS) is 25.6. The minimum absolute atomic E-state index is 0.00313. The van der Waals surface area contributed by atoms with Crippen molar-refractivity contribution in [3.8, 4) is 10.4 Å². The van der Waals surface area contributed by atoms with Gasteiger partial charge in [-0.05, 0) is 23.5 Å². The smallest absolute Gasteiger partial charge is 0.247 e. The fourth-order valence-electron chi connectivity index (χ4n) is 5.68. The van der Waals surface area contributed by atoms with Crippen LogP contribution in [0.5, 0.6) is 0 Å². The molecule has 2 fully saturated rings. The first-order valence-corrected chi connectivity index (χ1v) is 17.3. The van der Waals surface area contributed by atoms with Gasteiger partial charge in [0.15, 0.2) is 0 Å². The van der Waals surface area contributed by atoms with Crippen LogP contribution in [0.15, 0.2) is 29.8 Å². The fraction of sp³-hybridized carbons (Fsp3) is 0.545. The number of aliphatic hydroxyl groups is 1. The number of rotatable bonds is 3. The molecule has 0 aliphatic carbocycles. The summed E-state index contributed by atoms with van der Waals surface area (Å²) in [6.45, 7) is 6.42. The Morgan fingerprint density at radius 1 is 0.960 bits per heavy atom. The van der Waals surface area contributed by atoms with Crippen LogP contribution in [0.2, 0.25) is 0 Å². The number of amides is 6. The number of aromatic nitrogens is 1. The molecule has 50 heavy (non-hydrogen) atoms. The van der Waals surface area contributed by atoms with Gasteiger partial charge in [-0.2, -0.15) is 0 Å². The van der Waals surface area contributed by atoms with E-state index in [1.165, 1.54) is 16.2 Å². The zero-order chi connectivity index (χ0) is 36.6. The number of hydrogen-bond donors (Lipinski definition) is 7. The molecule has 8 N–H and O–H groups in total. The van der Waals surface area contributed by atoms with Crippen LogP contribution >= 0.6 is 11.3 Å². The van der Waals surface area contributed by atoms with Gasteiger partial charge < -0.3 is 47.1 Å². The molecule has 0 bridgehead atoms. The lowest BCUT2D eigenvalue weighted by Crippen LogP contribution is -2.58. The van der Waals surface area contributed by atoms with Gasteiger partial charge in [0.25, 0.3) is 0 Å². The number of carbonyl (C=O) groups is 6. The molecular formula is C33H46N8O8S. The summed E-state index contributed by atoms with van der Waals surface area (Å²) in [5.74, 6) is -3.74. The molecule has 1 aromatic heterocycles. The highest BCUT2D eigenvalue weighted by Gasteiger charge is 2.45. The second-order valence-electron chi connectivity index (χ2n) is 13.3. The second kappa shape index (κ2) is 17.0. The molecule has 2 aromatic rings. The van der Waals surface area contributed by atoms with E-state index in [2.05, 4.69) is 31.6 Å². The number of hydrogen-bond acceptors (Lipinski definition) is 11. The zero-order valence-electron chi connectivity index (χ0n) is 28.6. The lowest BCUT2D eigenvalue weighted by Gasteiger charge is -2.35. The van der Waals surface area contributed by atoms with Gasteiger partial charge >= 0.3 is 0 Å². The van der Waals surface area contributed by atoms with Crippen molar-refractivity contribution < 1.29 is 38.6 Å². The van der Waals surface area contributed by atoms with Crippen molar-refractivity contribution in [3.05, 3.63) is 41.0 Å². The van der Waals surface area contributed by atoms with Crippen molar-refractivity contribution in [2.75, 3.05) is 39.4 Å². The molecule has 0 saturated carbocycles. The fourth-order valence-corrected chi connectivity index (χ4v) is 6.49. The summed E-state index contributed by atoms with van der Waals surface area (Å²) in [6, 6.07) is 2.27. The Kier molecular flexibility index (Phi) is 13.0. The highest BCUT2D eigenvalue weighted by atomic mass is 32.1. The van der Waals surface area contributed by atoms with E-state index in [0.717, 1.165) is 16.1 Å². The Balaban J connectivity index is 1.65. The minimum atomic E-state index is -1.31. The third-order valence-electron chi connectivity index (χ3n) is 8.41. The summed E-state index contributed by atoms with van der Waals surface area (Å²) < 4.78 is 5.46. The van der Waals surface area contributed by atoms with E-state index in [9.17, 15) is 33.9 Å². The first-order chi connectivity index (χ1) is 23.7. The largest absolute Gasteiger partial charge is 0.391 e. The van der Waals surface area contributed by atoms with E-state index in [4.69, 9.17) is 10.5 Å². The van der Waals surface area contributed by atoms with Gasteiger partial charge in [0.2, 0.25) is 35.4 Å². The van der Waals surface area contributed by atoms with Crippen molar-refractivity contribution in [3.63, 3.8) is 0 Å². The van der Waals surface area contributed by atoms with Gasteiger partial charge in [0.1, 0.15) is 24.2 Å². The number of nitrogens with two attached hydrogens (primary N) is 1. The maximum Gasteiger partial charge on any atom is 0.247 e. The van der Waals surface area contributed by atoms with Crippen LogP contribution < -0.4 is 32.3 Å². The molecule has 5 atom stereocenters. The van der Waals surface area contributed by atoms with Crippen molar-refractivity contribution in [1.29, 1.82) is 0 Å². The van der Waals surface area contributed by atoms with Crippen molar-refractivity contribution in [1.82, 2.24) is 36.5 Å². The summed E-state index contributed by atoms with van der Waals surface area (Å²) in [4.78, 5) is 86.3. The second-order valence-corrected chi connectivity index (χ2v) is 14.2. The summed E-state index contributed by atoms with van der Waals surface area (Å²) in [6.07, 6.45) is -1.21. The number of aliphatic hydroxyl groups excluding tert-OH is 1. The monoisotopic (exact) mass is 714 g/mol. The molecule has 272 valence electrons. The van der Waals surface area contributed by atoms with Crippen molar-refractivity contribution in [2.24, 2.45) is 11.1 Å². The van der Waals surface area contributed by atoms with Crippen LogP contribution in [0.25, 0.3) is 10.4 Å². The maximum absolute atomic E-state index is 14.0. The molecule has 17 heteroatoms. The van der Waals surface area contributed by atoms with Crippen molar-refractivity contribution in [2.45, 2.75) is 70.8 Å². The average Bonchev–Trinajstić information content (AvgIpc) is 3.69. The maximum atomic E-state index is 14.0. The SMILES string of the molecule is Cc1ncsc1-c1ccc([C@@H]2NC(=O)[C@@H]3C[C@@H](O)CN3C(=O)[C@H](C(C)(C)C)NC(=O)CCOCCNC(=O)[C@@H](CN)NC(=O)CNC2=O)cc1. The quantitative estimate of drug-likeness (QED) is 0.202. The molecule has 4 rings (SSSR count). The highest BCUT2D eigenvalue weighted by molar-refractivity contribution is 7.13. The molecule has 2 aliphatic heterocycles. The van der Waals surface area contributed by atoms with Gasteiger partial charge in [0.05, 0.1) is 41.9 Å². The summed E-state index contributed by atoms with van der Waals surface area (Å²) >= 11 is 1.45. The van der Waals surface area contributed by atoms with E-state index in [0.29, 0.717) is 5.56 Å². The zero-order valence-corrected chi connectivity index (χ0v) is 29.4. The summed E-state index contributed by atoms with van der Waals surface area (Å²) in [5.41, 5.74) is 8.73. The molecule has 0 radical (unpaired) electrons. The van der Waals surface area contributed by atoms with Gasteiger partial charge in [-0.3, -0.25) is 28.8 Å². The Bertz CT molecular complexity index is 1560. The average molecular weight is 715 g/mol. The Morgan fingerprint density at radius 2 is 1.68 bits per heavy atom. The lowest BCUT2D eigenvalue weighted by molar-refractivity contribution is -0.144. The van der Waals surface area contributed by atoms with E-state index in [1.54, 1.807) is 50.5 Å². The number of ether oxygens (including phenoxy) is 1. The standard InChI is InChI=1S/C33H46N8O8S/c1-18-27(50-17-37-18)20-7-5-19(6-8-20)26-31(47)36-15-25(44)38-22(14-34)29(45)35-10-12-49-11-9-24(43)39-28(33(2,3)4)32(48)41-16-21(42)13-23(41)30(46)40-26/h5-8,17,21-23,26,28,42H,9-16,34H2,1-4H3,(H,35,45)(H,36,47)(H,38,44)(H,39,43)(H,40,46)/t21-,22-,23+,26+,28-/m1/s1. The third kappa shape index (κ3) is 9.83. The molecule has 2 aliphatic rings. The molecule has 0 spiro atoms. The first-order valence-electron chi connectivity index (χ1n) is 16.4. The third-order valence-corrected chi connectivity index (χ3v) is 9.39. The number of nitrogens with zero attached hydrogens (tertiary/aromatic N) is 2. The number of benzene rings is 1. The van der Waals surface area contributed by atoms with E-state index in [-0.39, 0.29) is 45.7 Å². The predicted octanol–water partition coefficient (Wildman–Crippen LogP) is -1.14. The highest BCUT2D eigenvalue weighted by Crippen LogP contribution is 2.30. The predicted molar refractivity (Wildman–Crippen MR) is 183 cm³/mol. The van der Waals surface area contributed by atoms with Crippen LogP contribution in [0.1, 0.15) is 50.9 Å². The summed E-state index contributed by atoms with van der Waals surface area (Å²) in [7, 11) is 0. The van der Waals surface area contributed by atoms with E-state index < -0.39 is 77.7 Å². The van der Waals surface area contributed by atoms with E-state index in [1.807, 2.05) is 6.92 Å². The number of fused-ring (bicyclic) bond motifs is 1. The molecule has 3 heterocycles. The van der Waals surface area contributed by atoms with Crippen LogP contribution in [0, 0.1) is 12.3 Å². The molecule has 6 amide bonds. The van der Waals surface area contributed by atoms with Gasteiger partial charge in [-0.25, -0.2) is 4.98 Å². The van der Waals surface area contributed by atoms with Crippen molar-refractivity contribution >= 4 is 46.8 Å². The topological polar surface area (TPSA) is 234 Å². The van der Waals surface area contributed by atoms with Crippen LogP contribution in [0.4, 0.5) is 0 Å². The first kappa shape index (κ1) is 38.4. The minimum Gasteiger partial charge on any atom is -0.391 e. The Labute approximate surface area is 294 Å². The lowest BCUT2D eigenvalue weighted by atomic mass is 9.85. The molecule has 2 saturated heterocycles. The Hall–Kier alpha value is -4.45. The molecular weight excluding hydrogens is 668 g/mol. The van der Waals surface area contributed by atoms with Gasteiger partial charge in [0, 0.05) is 32.5 Å². The molecule has 0 unspecified atom stereocenters. The van der Waals surface area contributed by atoms with Gasteiger partial charge in [-0.1, -0.05) is 45.0 Å². The number of carbonyl (C=O) groups excluding carboxylic acids is 6. The van der Waals surface area contributed by atoms with E-state index >= 15 is 0 Å². The number of nitrogens with one attached hydrogen (secondary N) is 5. The summed E-state index contributed by atoms with van der Waals surface area (Å²) in [5, 5.41) is 23.7. The van der Waals surface area contributed by atoms with Crippen LogP contribution in [-0.2, 0) is 33.5 Å². The number of thiazole rings is 1.